The van der Waals surface area contributed by atoms with Crippen LogP contribution in [0, 0.1) is 0 Å². The molecule has 0 aliphatic heterocycles. The smallest absolute Gasteiger partial charge is 0.203 e. The number of carbonyl (C=O) groups is 1. The lowest BCUT2D eigenvalue weighted by atomic mass is 10.1. The second-order valence-corrected chi connectivity index (χ2v) is 7.37. The molecule has 0 aliphatic carbocycles. The number of halogens is 1. The molecule has 1 heterocycles. The van der Waals surface area contributed by atoms with E-state index in [1.165, 1.54) is 11.3 Å². The van der Waals surface area contributed by atoms with Crippen LogP contribution in [0.2, 0.25) is 0 Å². The van der Waals surface area contributed by atoms with Crippen molar-refractivity contribution in [2.24, 2.45) is 0 Å². The minimum absolute atomic E-state index is 0.0628. The van der Waals surface area contributed by atoms with Gasteiger partial charge in [0.2, 0.25) is 5.78 Å². The second-order valence-electron chi connectivity index (χ2n) is 5.43. The molecule has 3 rings (SSSR count). The van der Waals surface area contributed by atoms with E-state index in [1.807, 2.05) is 62.6 Å². The van der Waals surface area contributed by atoms with Gasteiger partial charge in [0.1, 0.15) is 0 Å². The van der Waals surface area contributed by atoms with Crippen LogP contribution in [0.1, 0.15) is 15.2 Å². The van der Waals surface area contributed by atoms with Crippen molar-refractivity contribution in [2.75, 3.05) is 19.0 Å². The largest absolute Gasteiger partial charge is 0.369 e. The molecule has 0 N–H and O–H groups in total. The van der Waals surface area contributed by atoms with Crippen molar-refractivity contribution in [1.82, 2.24) is 0 Å². The molecule has 0 unspecified atom stereocenters. The number of benzene rings is 2. The van der Waals surface area contributed by atoms with E-state index in [2.05, 4.69) is 33.0 Å². The molecule has 0 spiro atoms. The highest BCUT2D eigenvalue weighted by atomic mass is 79.9. The molecule has 0 bridgehead atoms. The number of nitrogens with zero attached hydrogens (tertiary/aromatic N) is 1. The van der Waals surface area contributed by atoms with Crippen molar-refractivity contribution in [2.45, 2.75) is 0 Å². The standard InChI is InChI=1S/C19H16BrNOS/c1-21(2)19-16(13-6-4-3-5-7-13)12-17(23-19)18(22)14-8-10-15(20)11-9-14/h3-12H,1-2H3. The van der Waals surface area contributed by atoms with Gasteiger partial charge in [-0.25, -0.2) is 0 Å². The number of thiophene rings is 1. The minimum Gasteiger partial charge on any atom is -0.369 e. The van der Waals surface area contributed by atoms with Crippen LogP contribution in [0.25, 0.3) is 11.1 Å². The van der Waals surface area contributed by atoms with Gasteiger partial charge in [-0.15, -0.1) is 11.3 Å². The normalized spacial score (nSPS) is 10.6. The van der Waals surface area contributed by atoms with Crippen LogP contribution < -0.4 is 4.90 Å². The fraction of sp³-hybridized carbons (Fsp3) is 0.105. The average Bonchev–Trinajstić information content (AvgIpc) is 3.01. The van der Waals surface area contributed by atoms with Crippen LogP contribution in [0.4, 0.5) is 5.00 Å². The zero-order valence-electron chi connectivity index (χ0n) is 12.9. The fourth-order valence-corrected chi connectivity index (χ4v) is 3.72. The fourth-order valence-electron chi connectivity index (χ4n) is 2.39. The van der Waals surface area contributed by atoms with Crippen LogP contribution in [0.5, 0.6) is 0 Å². The Morgan fingerprint density at radius 3 is 2.26 bits per heavy atom. The van der Waals surface area contributed by atoms with Gasteiger partial charge in [-0.05, 0) is 35.9 Å². The lowest BCUT2D eigenvalue weighted by Crippen LogP contribution is -2.07. The number of carbonyl (C=O) groups excluding carboxylic acids is 1. The monoisotopic (exact) mass is 385 g/mol. The van der Waals surface area contributed by atoms with Crippen molar-refractivity contribution in [1.29, 1.82) is 0 Å². The van der Waals surface area contributed by atoms with Crippen molar-refractivity contribution in [3.63, 3.8) is 0 Å². The van der Waals surface area contributed by atoms with Gasteiger partial charge >= 0.3 is 0 Å². The maximum absolute atomic E-state index is 12.8. The quantitative estimate of drug-likeness (QED) is 0.554. The van der Waals surface area contributed by atoms with E-state index in [1.54, 1.807) is 0 Å². The summed E-state index contributed by atoms with van der Waals surface area (Å²) < 4.78 is 0.971. The van der Waals surface area contributed by atoms with Gasteiger partial charge in [-0.1, -0.05) is 46.3 Å². The van der Waals surface area contributed by atoms with Crippen molar-refractivity contribution in [3.05, 3.63) is 75.6 Å². The highest BCUT2D eigenvalue weighted by molar-refractivity contribution is 9.10. The summed E-state index contributed by atoms with van der Waals surface area (Å²) in [6, 6.07) is 19.7. The number of anilines is 1. The lowest BCUT2D eigenvalue weighted by molar-refractivity contribution is 0.104. The second kappa shape index (κ2) is 6.69. The van der Waals surface area contributed by atoms with E-state index in [0.717, 1.165) is 25.5 Å². The highest BCUT2D eigenvalue weighted by Crippen LogP contribution is 2.38. The predicted octanol–water partition coefficient (Wildman–Crippen LogP) is 5.47. The van der Waals surface area contributed by atoms with E-state index in [-0.39, 0.29) is 5.78 Å². The Hall–Kier alpha value is -1.91. The van der Waals surface area contributed by atoms with Crippen LogP contribution in [0.3, 0.4) is 0 Å². The average molecular weight is 386 g/mol. The summed E-state index contributed by atoms with van der Waals surface area (Å²) in [5, 5.41) is 1.09. The Bertz CT molecular complexity index is 822. The van der Waals surface area contributed by atoms with E-state index >= 15 is 0 Å². The Labute approximate surface area is 148 Å². The van der Waals surface area contributed by atoms with Gasteiger partial charge in [0.05, 0.1) is 9.88 Å². The SMILES string of the molecule is CN(C)c1sc(C(=O)c2ccc(Br)cc2)cc1-c1ccccc1. The third-order valence-electron chi connectivity index (χ3n) is 3.53. The Morgan fingerprint density at radius 1 is 1.00 bits per heavy atom. The van der Waals surface area contributed by atoms with Crippen LogP contribution in [0.15, 0.2) is 65.1 Å². The highest BCUT2D eigenvalue weighted by Gasteiger charge is 2.18. The van der Waals surface area contributed by atoms with Crippen LogP contribution >= 0.6 is 27.3 Å². The van der Waals surface area contributed by atoms with Crippen LogP contribution in [-0.4, -0.2) is 19.9 Å². The molecule has 1 aromatic heterocycles. The first kappa shape index (κ1) is 16.0. The Balaban J connectivity index is 2.04. The number of ketones is 1. The third kappa shape index (κ3) is 3.38. The molecule has 0 saturated heterocycles. The topological polar surface area (TPSA) is 20.3 Å². The molecule has 4 heteroatoms. The predicted molar refractivity (Wildman–Crippen MR) is 102 cm³/mol. The summed E-state index contributed by atoms with van der Waals surface area (Å²) in [6.45, 7) is 0. The summed E-state index contributed by atoms with van der Waals surface area (Å²) in [5.41, 5.74) is 2.93. The maximum atomic E-state index is 12.8. The third-order valence-corrected chi connectivity index (χ3v) is 5.36. The summed E-state index contributed by atoms with van der Waals surface area (Å²) in [5.74, 6) is 0.0628. The molecule has 0 amide bonds. The van der Waals surface area contributed by atoms with Gasteiger partial charge in [0, 0.05) is 29.7 Å². The van der Waals surface area contributed by atoms with E-state index < -0.39 is 0 Å². The first-order valence-corrected chi connectivity index (χ1v) is 8.84. The molecule has 0 radical (unpaired) electrons. The molecular weight excluding hydrogens is 370 g/mol. The number of hydrogen-bond acceptors (Lipinski definition) is 3. The Morgan fingerprint density at radius 2 is 1.65 bits per heavy atom. The van der Waals surface area contributed by atoms with Crippen molar-refractivity contribution in [3.8, 4) is 11.1 Å². The lowest BCUT2D eigenvalue weighted by Gasteiger charge is -2.12. The molecule has 0 aliphatic rings. The van der Waals surface area contributed by atoms with E-state index in [9.17, 15) is 4.79 Å². The molecule has 3 aromatic rings. The van der Waals surface area contributed by atoms with Gasteiger partial charge in [-0.2, -0.15) is 0 Å². The molecule has 0 fully saturated rings. The molecule has 2 aromatic carbocycles. The van der Waals surface area contributed by atoms with E-state index in [4.69, 9.17) is 0 Å². The van der Waals surface area contributed by atoms with Gasteiger partial charge < -0.3 is 4.90 Å². The van der Waals surface area contributed by atoms with Gasteiger partial charge in [-0.3, -0.25) is 4.79 Å². The zero-order valence-corrected chi connectivity index (χ0v) is 15.3. The molecule has 0 atom stereocenters. The number of hydrogen-bond donors (Lipinski definition) is 0. The van der Waals surface area contributed by atoms with Crippen molar-refractivity contribution < 1.29 is 4.79 Å². The van der Waals surface area contributed by atoms with Crippen LogP contribution in [-0.2, 0) is 0 Å². The van der Waals surface area contributed by atoms with Gasteiger partial charge in [0.25, 0.3) is 0 Å². The van der Waals surface area contributed by atoms with E-state index in [0.29, 0.717) is 5.56 Å². The summed E-state index contributed by atoms with van der Waals surface area (Å²) in [4.78, 5) is 15.6. The molecule has 116 valence electrons. The van der Waals surface area contributed by atoms with Gasteiger partial charge in [0.15, 0.2) is 0 Å². The zero-order chi connectivity index (χ0) is 16.4. The maximum Gasteiger partial charge on any atom is 0.203 e. The molecule has 2 nitrogen and oxygen atoms in total. The Kier molecular flexibility index (Phi) is 4.64. The molecular formula is C19H16BrNOS. The summed E-state index contributed by atoms with van der Waals surface area (Å²) >= 11 is 4.94. The summed E-state index contributed by atoms with van der Waals surface area (Å²) in [6.07, 6.45) is 0. The van der Waals surface area contributed by atoms with Crippen molar-refractivity contribution >= 4 is 38.1 Å². The molecule has 0 saturated carbocycles. The first-order valence-electron chi connectivity index (χ1n) is 7.23. The minimum atomic E-state index is 0.0628. The summed E-state index contributed by atoms with van der Waals surface area (Å²) in [7, 11) is 4.01. The number of rotatable bonds is 4. The first-order chi connectivity index (χ1) is 11.1. The molecule has 23 heavy (non-hydrogen) atoms.